The summed E-state index contributed by atoms with van der Waals surface area (Å²) in [6.45, 7) is 0.762. The minimum atomic E-state index is -0.424. The van der Waals surface area contributed by atoms with E-state index in [-0.39, 0.29) is 6.61 Å². The summed E-state index contributed by atoms with van der Waals surface area (Å²) in [7, 11) is 0. The number of nitrogens with one attached hydrogen (secondary N) is 1. The number of benzene rings is 2. The molecule has 0 radical (unpaired) electrons. The molecule has 0 unspecified atom stereocenters. The van der Waals surface area contributed by atoms with Crippen LogP contribution < -0.4 is 5.32 Å². The lowest BCUT2D eigenvalue weighted by molar-refractivity contribution is 0.140. The van der Waals surface area contributed by atoms with E-state index in [0.29, 0.717) is 23.0 Å². The Labute approximate surface area is 145 Å². The molecule has 0 atom stereocenters. The predicted octanol–water partition coefficient (Wildman–Crippen LogP) is 5.32. The second-order valence-corrected chi connectivity index (χ2v) is 5.69. The van der Waals surface area contributed by atoms with Gasteiger partial charge in [0.1, 0.15) is 6.61 Å². The molecule has 23 heavy (non-hydrogen) atoms. The van der Waals surface area contributed by atoms with E-state index in [0.717, 1.165) is 11.1 Å². The van der Waals surface area contributed by atoms with Crippen LogP contribution in [0.3, 0.4) is 0 Å². The van der Waals surface area contributed by atoms with Gasteiger partial charge in [-0.1, -0.05) is 71.8 Å². The average Bonchev–Trinajstić information content (AvgIpc) is 2.55. The maximum Gasteiger partial charge on any atom is 0.407 e. The summed E-state index contributed by atoms with van der Waals surface area (Å²) in [4.78, 5) is 11.5. The Hall–Kier alpha value is -1.97. The number of hydrogen-bond donors (Lipinski definition) is 1. The number of carbonyl (C=O) groups is 1. The zero-order valence-electron chi connectivity index (χ0n) is 12.5. The lowest BCUT2D eigenvalue weighted by atomic mass is 10.2. The third-order valence-electron chi connectivity index (χ3n) is 3.05. The summed E-state index contributed by atoms with van der Waals surface area (Å²) >= 11 is 11.9. The molecule has 0 aromatic heterocycles. The van der Waals surface area contributed by atoms with Crippen molar-refractivity contribution in [1.29, 1.82) is 0 Å². The van der Waals surface area contributed by atoms with Crippen molar-refractivity contribution in [3.05, 3.63) is 75.8 Å². The number of halogens is 2. The van der Waals surface area contributed by atoms with Gasteiger partial charge in [0.25, 0.3) is 0 Å². The van der Waals surface area contributed by atoms with Crippen LogP contribution in [0.25, 0.3) is 6.08 Å². The van der Waals surface area contributed by atoms with Crippen molar-refractivity contribution in [2.24, 2.45) is 0 Å². The normalized spacial score (nSPS) is 10.7. The standard InChI is InChI=1S/C18H17Cl2NO2/c19-16-10-9-15(17(20)12-16)8-4-5-11-21-18(22)23-13-14-6-2-1-3-7-14/h1-4,6-10,12H,5,11,13H2,(H,21,22). The Bertz CT molecular complexity index is 672. The van der Waals surface area contributed by atoms with Crippen LogP contribution in [0.5, 0.6) is 0 Å². The fourth-order valence-corrected chi connectivity index (χ4v) is 2.35. The van der Waals surface area contributed by atoms with Gasteiger partial charge in [-0.3, -0.25) is 0 Å². The molecule has 0 spiro atoms. The third-order valence-corrected chi connectivity index (χ3v) is 3.62. The molecule has 120 valence electrons. The maximum absolute atomic E-state index is 11.5. The summed E-state index contributed by atoms with van der Waals surface area (Å²) in [6.07, 6.45) is 4.09. The Balaban J connectivity index is 1.66. The highest BCUT2D eigenvalue weighted by Gasteiger charge is 2.01. The second kappa shape index (κ2) is 9.23. The van der Waals surface area contributed by atoms with Gasteiger partial charge < -0.3 is 10.1 Å². The van der Waals surface area contributed by atoms with Crippen molar-refractivity contribution in [1.82, 2.24) is 5.32 Å². The van der Waals surface area contributed by atoms with Gasteiger partial charge in [-0.25, -0.2) is 4.79 Å². The molecule has 0 bridgehead atoms. The molecule has 0 aliphatic heterocycles. The molecular weight excluding hydrogens is 333 g/mol. The molecule has 1 amide bonds. The lowest BCUT2D eigenvalue weighted by Gasteiger charge is -2.06. The SMILES string of the molecule is O=C(NCCC=Cc1ccc(Cl)cc1Cl)OCc1ccccc1. The predicted molar refractivity (Wildman–Crippen MR) is 94.7 cm³/mol. The molecule has 0 fully saturated rings. The summed E-state index contributed by atoms with van der Waals surface area (Å²) in [5.74, 6) is 0. The van der Waals surface area contributed by atoms with E-state index in [1.54, 1.807) is 12.1 Å². The Kier molecular flexibility index (Phi) is 6.98. The van der Waals surface area contributed by atoms with Crippen molar-refractivity contribution >= 4 is 35.4 Å². The molecule has 0 heterocycles. The molecule has 1 N–H and O–H groups in total. The minimum Gasteiger partial charge on any atom is -0.445 e. The van der Waals surface area contributed by atoms with Gasteiger partial charge in [0, 0.05) is 16.6 Å². The van der Waals surface area contributed by atoms with Crippen molar-refractivity contribution in [2.75, 3.05) is 6.54 Å². The van der Waals surface area contributed by atoms with E-state index < -0.39 is 6.09 Å². The van der Waals surface area contributed by atoms with Gasteiger partial charge in [-0.15, -0.1) is 0 Å². The molecule has 0 aliphatic carbocycles. The van der Waals surface area contributed by atoms with Gasteiger partial charge in [-0.2, -0.15) is 0 Å². The Morgan fingerprint density at radius 1 is 1.13 bits per heavy atom. The van der Waals surface area contributed by atoms with Gasteiger partial charge in [-0.05, 0) is 29.7 Å². The molecule has 0 aliphatic rings. The lowest BCUT2D eigenvalue weighted by Crippen LogP contribution is -2.24. The van der Waals surface area contributed by atoms with E-state index in [1.807, 2.05) is 48.6 Å². The van der Waals surface area contributed by atoms with Crippen LogP contribution in [0, 0.1) is 0 Å². The van der Waals surface area contributed by atoms with Gasteiger partial charge >= 0.3 is 6.09 Å². The number of ether oxygens (including phenoxy) is 1. The van der Waals surface area contributed by atoms with Crippen LogP contribution in [-0.2, 0) is 11.3 Å². The number of hydrogen-bond acceptors (Lipinski definition) is 2. The molecular formula is C18H17Cl2NO2. The topological polar surface area (TPSA) is 38.3 Å². The van der Waals surface area contributed by atoms with Crippen LogP contribution in [0.1, 0.15) is 17.5 Å². The molecule has 0 saturated heterocycles. The number of amides is 1. The van der Waals surface area contributed by atoms with Crippen LogP contribution in [0.4, 0.5) is 4.79 Å². The van der Waals surface area contributed by atoms with Crippen LogP contribution in [0.2, 0.25) is 10.0 Å². The highest BCUT2D eigenvalue weighted by atomic mass is 35.5. The zero-order chi connectivity index (χ0) is 16.5. The van der Waals surface area contributed by atoms with E-state index in [1.165, 1.54) is 0 Å². The monoisotopic (exact) mass is 349 g/mol. The smallest absolute Gasteiger partial charge is 0.407 e. The second-order valence-electron chi connectivity index (χ2n) is 4.85. The van der Waals surface area contributed by atoms with Crippen LogP contribution in [-0.4, -0.2) is 12.6 Å². The summed E-state index contributed by atoms with van der Waals surface area (Å²) in [6, 6.07) is 14.9. The zero-order valence-corrected chi connectivity index (χ0v) is 14.0. The highest BCUT2D eigenvalue weighted by molar-refractivity contribution is 6.35. The number of rotatable bonds is 6. The van der Waals surface area contributed by atoms with Crippen molar-refractivity contribution in [2.45, 2.75) is 13.0 Å². The van der Waals surface area contributed by atoms with Crippen molar-refractivity contribution in [3.63, 3.8) is 0 Å². The first-order chi connectivity index (χ1) is 11.1. The number of alkyl carbamates (subject to hydrolysis) is 1. The maximum atomic E-state index is 11.5. The average molecular weight is 350 g/mol. The molecule has 2 rings (SSSR count). The first kappa shape index (κ1) is 17.4. The van der Waals surface area contributed by atoms with Crippen LogP contribution >= 0.6 is 23.2 Å². The van der Waals surface area contributed by atoms with Crippen molar-refractivity contribution in [3.8, 4) is 0 Å². The molecule has 2 aromatic carbocycles. The first-order valence-electron chi connectivity index (χ1n) is 7.21. The quantitative estimate of drug-likeness (QED) is 0.716. The van der Waals surface area contributed by atoms with E-state index >= 15 is 0 Å². The van der Waals surface area contributed by atoms with Gasteiger partial charge in [0.2, 0.25) is 0 Å². The number of carbonyl (C=O) groups excluding carboxylic acids is 1. The van der Waals surface area contributed by atoms with Gasteiger partial charge in [0.15, 0.2) is 0 Å². The molecule has 3 nitrogen and oxygen atoms in total. The first-order valence-corrected chi connectivity index (χ1v) is 7.97. The van der Waals surface area contributed by atoms with E-state index in [9.17, 15) is 4.79 Å². The molecule has 0 saturated carbocycles. The highest BCUT2D eigenvalue weighted by Crippen LogP contribution is 2.22. The Morgan fingerprint density at radius 3 is 2.65 bits per heavy atom. The van der Waals surface area contributed by atoms with Crippen LogP contribution in [0.15, 0.2) is 54.6 Å². The fourth-order valence-electron chi connectivity index (χ4n) is 1.88. The fraction of sp³-hybridized carbons (Fsp3) is 0.167. The van der Waals surface area contributed by atoms with E-state index in [2.05, 4.69) is 5.32 Å². The largest absolute Gasteiger partial charge is 0.445 e. The molecule has 5 heteroatoms. The molecule has 2 aromatic rings. The summed E-state index contributed by atoms with van der Waals surface area (Å²) in [5.41, 5.74) is 1.85. The van der Waals surface area contributed by atoms with Crippen molar-refractivity contribution < 1.29 is 9.53 Å². The minimum absolute atomic E-state index is 0.267. The summed E-state index contributed by atoms with van der Waals surface area (Å²) in [5, 5.41) is 3.90. The summed E-state index contributed by atoms with van der Waals surface area (Å²) < 4.78 is 5.12. The Morgan fingerprint density at radius 2 is 1.91 bits per heavy atom. The third kappa shape index (κ3) is 6.35. The van der Waals surface area contributed by atoms with E-state index in [4.69, 9.17) is 27.9 Å². The van der Waals surface area contributed by atoms with Gasteiger partial charge in [0.05, 0.1) is 0 Å².